The molecule has 0 aromatic rings. The largest absolute Gasteiger partial charge is 0.389 e. The third-order valence-electron chi connectivity index (χ3n) is 2.33. The van der Waals surface area contributed by atoms with Crippen molar-refractivity contribution >= 4 is 5.91 Å². The van der Waals surface area contributed by atoms with E-state index in [1.54, 1.807) is 0 Å². The first kappa shape index (κ1) is 10.3. The number of amides is 1. The van der Waals surface area contributed by atoms with E-state index >= 15 is 0 Å². The Bertz CT molecular complexity index is 202. The first-order chi connectivity index (χ1) is 5.90. The summed E-state index contributed by atoms with van der Waals surface area (Å²) in [6, 6.07) is 0. The minimum Gasteiger partial charge on any atom is -0.356 e. The van der Waals surface area contributed by atoms with E-state index in [0.29, 0.717) is 13.0 Å². The zero-order valence-electron chi connectivity index (χ0n) is 7.32. The molecule has 1 amide bonds. The van der Waals surface area contributed by atoms with Crippen molar-refractivity contribution in [1.29, 1.82) is 0 Å². The number of hydrogen-bond acceptors (Lipinski definition) is 1. The molecule has 76 valence electrons. The third kappa shape index (κ3) is 2.90. The van der Waals surface area contributed by atoms with E-state index in [1.165, 1.54) is 6.92 Å². The highest BCUT2D eigenvalue weighted by molar-refractivity contribution is 5.80. The summed E-state index contributed by atoms with van der Waals surface area (Å²) in [5.74, 6) is -1.30. The summed E-state index contributed by atoms with van der Waals surface area (Å²) in [7, 11) is 0. The van der Waals surface area contributed by atoms with Crippen molar-refractivity contribution in [3.05, 3.63) is 0 Å². The molecular formula is C8H12F3NO. The second-order valence-electron chi connectivity index (χ2n) is 3.48. The average Bonchev–Trinajstić information content (AvgIpc) is 2.30. The van der Waals surface area contributed by atoms with Gasteiger partial charge in [0.05, 0.1) is 0 Å². The molecular weight excluding hydrogens is 183 g/mol. The van der Waals surface area contributed by atoms with Crippen LogP contribution in [0, 0.1) is 11.8 Å². The van der Waals surface area contributed by atoms with Gasteiger partial charge in [-0.2, -0.15) is 13.2 Å². The standard InChI is InChI=1S/C8H12F3NO/c1-5(4-8(9,10)11)6-2-3-12-7(6)13/h5-6H,2-4H2,1H3,(H,12,13). The smallest absolute Gasteiger partial charge is 0.356 e. The molecule has 0 bridgehead atoms. The molecule has 2 nitrogen and oxygen atoms in total. The van der Waals surface area contributed by atoms with Gasteiger partial charge < -0.3 is 5.32 Å². The molecule has 5 heteroatoms. The van der Waals surface area contributed by atoms with Gasteiger partial charge in [-0.1, -0.05) is 6.92 Å². The second-order valence-corrected chi connectivity index (χ2v) is 3.48. The van der Waals surface area contributed by atoms with Gasteiger partial charge in [0.25, 0.3) is 0 Å². The lowest BCUT2D eigenvalue weighted by molar-refractivity contribution is -0.149. The molecule has 0 saturated carbocycles. The highest BCUT2D eigenvalue weighted by atomic mass is 19.4. The van der Waals surface area contributed by atoms with Crippen LogP contribution >= 0.6 is 0 Å². The van der Waals surface area contributed by atoms with E-state index in [2.05, 4.69) is 5.32 Å². The topological polar surface area (TPSA) is 29.1 Å². The van der Waals surface area contributed by atoms with Gasteiger partial charge in [0, 0.05) is 18.9 Å². The van der Waals surface area contributed by atoms with Crippen LogP contribution in [-0.2, 0) is 4.79 Å². The Balaban J connectivity index is 2.47. The van der Waals surface area contributed by atoms with E-state index in [4.69, 9.17) is 0 Å². The fourth-order valence-electron chi connectivity index (χ4n) is 1.66. The van der Waals surface area contributed by atoms with Crippen LogP contribution in [-0.4, -0.2) is 18.6 Å². The van der Waals surface area contributed by atoms with E-state index in [1.807, 2.05) is 0 Å². The zero-order chi connectivity index (χ0) is 10.1. The summed E-state index contributed by atoms with van der Waals surface area (Å²) in [6.45, 7) is 1.98. The summed E-state index contributed by atoms with van der Waals surface area (Å²) in [6.07, 6.45) is -4.51. The van der Waals surface area contributed by atoms with Crippen LogP contribution < -0.4 is 5.32 Å². The maximum absolute atomic E-state index is 12.0. The van der Waals surface area contributed by atoms with Gasteiger partial charge in [-0.25, -0.2) is 0 Å². The molecule has 13 heavy (non-hydrogen) atoms. The Morgan fingerprint density at radius 2 is 2.23 bits per heavy atom. The monoisotopic (exact) mass is 195 g/mol. The van der Waals surface area contributed by atoms with E-state index in [9.17, 15) is 18.0 Å². The van der Waals surface area contributed by atoms with Gasteiger partial charge in [0.1, 0.15) is 0 Å². The van der Waals surface area contributed by atoms with Crippen LogP contribution in [0.2, 0.25) is 0 Å². The van der Waals surface area contributed by atoms with Gasteiger partial charge in [0.15, 0.2) is 0 Å². The Labute approximate surface area is 74.5 Å². The summed E-state index contributed by atoms with van der Waals surface area (Å²) in [5.41, 5.74) is 0. The normalized spacial score (nSPS) is 25.8. The molecule has 1 aliphatic rings. The molecule has 2 atom stereocenters. The number of carbonyl (C=O) groups is 1. The molecule has 0 aromatic heterocycles. The zero-order valence-corrected chi connectivity index (χ0v) is 7.32. The van der Waals surface area contributed by atoms with Crippen molar-refractivity contribution < 1.29 is 18.0 Å². The molecule has 0 radical (unpaired) electrons. The van der Waals surface area contributed by atoms with Crippen molar-refractivity contribution in [2.45, 2.75) is 25.9 Å². The lowest BCUT2D eigenvalue weighted by atomic mass is 9.90. The fraction of sp³-hybridized carbons (Fsp3) is 0.875. The van der Waals surface area contributed by atoms with Gasteiger partial charge in [-0.05, 0) is 12.3 Å². The number of hydrogen-bond donors (Lipinski definition) is 1. The Kier molecular flexibility index (Phi) is 2.83. The van der Waals surface area contributed by atoms with Crippen molar-refractivity contribution in [2.75, 3.05) is 6.54 Å². The Morgan fingerprint density at radius 3 is 2.62 bits per heavy atom. The fourth-order valence-corrected chi connectivity index (χ4v) is 1.66. The predicted octanol–water partition coefficient (Wildman–Crippen LogP) is 1.71. The SMILES string of the molecule is CC(CC(F)(F)F)C1CCNC1=O. The quantitative estimate of drug-likeness (QED) is 0.714. The summed E-state index contributed by atoms with van der Waals surface area (Å²) < 4.78 is 35.9. The molecule has 1 fully saturated rings. The first-order valence-electron chi connectivity index (χ1n) is 4.24. The van der Waals surface area contributed by atoms with Gasteiger partial charge in [0.2, 0.25) is 5.91 Å². The minimum absolute atomic E-state index is 0.239. The molecule has 1 aliphatic heterocycles. The first-order valence-corrected chi connectivity index (χ1v) is 4.24. The van der Waals surface area contributed by atoms with Crippen LogP contribution in [0.25, 0.3) is 0 Å². The molecule has 1 heterocycles. The highest BCUT2D eigenvalue weighted by Gasteiger charge is 2.37. The third-order valence-corrected chi connectivity index (χ3v) is 2.33. The van der Waals surface area contributed by atoms with Crippen molar-refractivity contribution in [2.24, 2.45) is 11.8 Å². The number of carbonyl (C=O) groups excluding carboxylic acids is 1. The molecule has 0 aromatic carbocycles. The van der Waals surface area contributed by atoms with E-state index < -0.39 is 24.4 Å². The second kappa shape index (κ2) is 3.55. The van der Waals surface area contributed by atoms with Crippen LogP contribution in [0.3, 0.4) is 0 Å². The van der Waals surface area contributed by atoms with Gasteiger partial charge >= 0.3 is 6.18 Å². The van der Waals surface area contributed by atoms with Gasteiger partial charge in [-0.15, -0.1) is 0 Å². The van der Waals surface area contributed by atoms with Crippen LogP contribution in [0.5, 0.6) is 0 Å². The number of rotatable bonds is 2. The van der Waals surface area contributed by atoms with Crippen LogP contribution in [0.1, 0.15) is 19.8 Å². The molecule has 1 rings (SSSR count). The maximum atomic E-state index is 12.0. The van der Waals surface area contributed by atoms with Crippen LogP contribution in [0.15, 0.2) is 0 Å². The maximum Gasteiger partial charge on any atom is 0.389 e. The molecule has 0 spiro atoms. The number of nitrogens with one attached hydrogen (secondary N) is 1. The summed E-state index contributed by atoms with van der Waals surface area (Å²) in [4.78, 5) is 11.0. The summed E-state index contributed by atoms with van der Waals surface area (Å²) in [5, 5.41) is 2.53. The molecule has 0 aliphatic carbocycles. The van der Waals surface area contributed by atoms with E-state index in [0.717, 1.165) is 0 Å². The average molecular weight is 195 g/mol. The van der Waals surface area contributed by atoms with Crippen molar-refractivity contribution in [3.8, 4) is 0 Å². The Hall–Kier alpha value is -0.740. The number of halogens is 3. The van der Waals surface area contributed by atoms with Gasteiger partial charge in [-0.3, -0.25) is 4.79 Å². The van der Waals surface area contributed by atoms with Crippen LogP contribution in [0.4, 0.5) is 13.2 Å². The highest BCUT2D eigenvalue weighted by Crippen LogP contribution is 2.31. The predicted molar refractivity (Wildman–Crippen MR) is 41.0 cm³/mol. The lowest BCUT2D eigenvalue weighted by Gasteiger charge is -2.17. The van der Waals surface area contributed by atoms with Crippen molar-refractivity contribution in [3.63, 3.8) is 0 Å². The van der Waals surface area contributed by atoms with E-state index in [-0.39, 0.29) is 5.91 Å². The minimum atomic E-state index is -4.16. The van der Waals surface area contributed by atoms with Crippen molar-refractivity contribution in [1.82, 2.24) is 5.32 Å². The summed E-state index contributed by atoms with van der Waals surface area (Å²) >= 11 is 0. The number of alkyl halides is 3. The lowest BCUT2D eigenvalue weighted by Crippen LogP contribution is -2.26. The molecule has 2 unspecified atom stereocenters. The molecule has 1 saturated heterocycles. The molecule has 1 N–H and O–H groups in total. The Morgan fingerprint density at radius 1 is 1.62 bits per heavy atom.